The van der Waals surface area contributed by atoms with Crippen LogP contribution in [0.3, 0.4) is 0 Å². The predicted molar refractivity (Wildman–Crippen MR) is 80.5 cm³/mol. The molecule has 2 fully saturated rings. The second-order valence-electron chi connectivity index (χ2n) is 5.95. The normalized spacial score (nSPS) is 29.9. The lowest BCUT2D eigenvalue weighted by Crippen LogP contribution is -2.47. The molecule has 2 atom stereocenters. The van der Waals surface area contributed by atoms with Gasteiger partial charge in [-0.25, -0.2) is 0 Å². The van der Waals surface area contributed by atoms with Crippen molar-refractivity contribution in [2.45, 2.75) is 57.3 Å². The van der Waals surface area contributed by atoms with Crippen LogP contribution in [0.25, 0.3) is 0 Å². The highest BCUT2D eigenvalue weighted by Crippen LogP contribution is 2.30. The molecule has 3 heteroatoms. The molecule has 1 aromatic rings. The van der Waals surface area contributed by atoms with Gasteiger partial charge in [0.2, 0.25) is 0 Å². The van der Waals surface area contributed by atoms with Crippen molar-refractivity contribution < 1.29 is 0 Å². The third kappa shape index (κ3) is 3.13. The van der Waals surface area contributed by atoms with Crippen LogP contribution in [0.15, 0.2) is 24.3 Å². The number of rotatable bonds is 4. The minimum absolute atomic E-state index is 0.749. The van der Waals surface area contributed by atoms with Crippen molar-refractivity contribution in [2.24, 2.45) is 0 Å². The van der Waals surface area contributed by atoms with Crippen LogP contribution >= 0.6 is 11.6 Å². The summed E-state index contributed by atoms with van der Waals surface area (Å²) in [5.41, 5.74) is 1.37. The molecule has 1 N–H and O–H groups in total. The Hall–Kier alpha value is -0.570. The highest BCUT2D eigenvalue weighted by atomic mass is 35.5. The summed E-state index contributed by atoms with van der Waals surface area (Å²) in [5, 5.41) is 4.55. The maximum atomic E-state index is 5.96. The molecule has 2 saturated heterocycles. The molecule has 0 spiro atoms. The fourth-order valence-electron chi connectivity index (χ4n) is 3.65. The van der Waals surface area contributed by atoms with Crippen molar-refractivity contribution >= 4 is 11.6 Å². The highest BCUT2D eigenvalue weighted by molar-refractivity contribution is 6.30. The van der Waals surface area contributed by atoms with Gasteiger partial charge in [-0.2, -0.15) is 0 Å². The number of nitrogens with zero attached hydrogens (tertiary/aromatic N) is 1. The van der Waals surface area contributed by atoms with Crippen LogP contribution in [0, 0.1) is 0 Å². The first-order chi connectivity index (χ1) is 9.24. The Morgan fingerprint density at radius 3 is 2.37 bits per heavy atom. The van der Waals surface area contributed by atoms with E-state index in [-0.39, 0.29) is 0 Å². The third-order valence-electron chi connectivity index (χ3n) is 4.67. The van der Waals surface area contributed by atoms with E-state index in [9.17, 15) is 0 Å². The van der Waals surface area contributed by atoms with Gasteiger partial charge in [0.25, 0.3) is 0 Å². The van der Waals surface area contributed by atoms with E-state index < -0.39 is 0 Å². The van der Waals surface area contributed by atoms with Crippen molar-refractivity contribution in [2.75, 3.05) is 6.54 Å². The van der Waals surface area contributed by atoms with Crippen LogP contribution < -0.4 is 5.32 Å². The molecule has 2 nitrogen and oxygen atoms in total. The van der Waals surface area contributed by atoms with Crippen LogP contribution in [0.4, 0.5) is 0 Å². The first-order valence-electron chi connectivity index (χ1n) is 7.49. The number of hydrogen-bond donors (Lipinski definition) is 1. The van der Waals surface area contributed by atoms with Crippen LogP contribution in [-0.2, 0) is 6.54 Å². The van der Waals surface area contributed by atoms with Crippen molar-refractivity contribution in [1.29, 1.82) is 0 Å². The zero-order chi connectivity index (χ0) is 13.2. The molecule has 0 saturated carbocycles. The minimum atomic E-state index is 0.749. The van der Waals surface area contributed by atoms with Gasteiger partial charge in [-0.15, -0.1) is 0 Å². The molecule has 0 amide bonds. The lowest BCUT2D eigenvalue weighted by atomic mass is 9.97. The zero-order valence-corrected chi connectivity index (χ0v) is 12.4. The van der Waals surface area contributed by atoms with E-state index in [4.69, 9.17) is 11.6 Å². The summed E-state index contributed by atoms with van der Waals surface area (Å²) in [7, 11) is 0. The predicted octanol–water partition coefficient (Wildman–Crippen LogP) is 3.44. The summed E-state index contributed by atoms with van der Waals surface area (Å²) >= 11 is 5.96. The maximum Gasteiger partial charge on any atom is 0.0406 e. The van der Waals surface area contributed by atoms with Gasteiger partial charge in [-0.3, -0.25) is 4.90 Å². The molecule has 2 aliphatic heterocycles. The standard InChI is InChI=1S/C16H23ClN2/c1-2-19(11-12-3-5-13(17)6-4-12)16-9-14-7-8-15(10-16)18-14/h3-6,14-16,18H,2,7-11H2,1H3. The van der Waals surface area contributed by atoms with Crippen molar-refractivity contribution in [3.63, 3.8) is 0 Å². The quantitative estimate of drug-likeness (QED) is 0.908. The first kappa shape index (κ1) is 13.4. The molecule has 0 aliphatic carbocycles. The number of halogens is 1. The SMILES string of the molecule is CCN(Cc1ccc(Cl)cc1)C1CC2CCC(C1)N2. The molecule has 0 radical (unpaired) electrons. The maximum absolute atomic E-state index is 5.96. The van der Waals surface area contributed by atoms with Crippen LogP contribution in [-0.4, -0.2) is 29.6 Å². The molecule has 104 valence electrons. The van der Waals surface area contributed by atoms with E-state index in [0.717, 1.165) is 36.2 Å². The molecule has 2 unspecified atom stereocenters. The molecular formula is C16H23ClN2. The van der Waals surface area contributed by atoms with Gasteiger partial charge in [0.15, 0.2) is 0 Å². The van der Waals surface area contributed by atoms with Gasteiger partial charge in [0.05, 0.1) is 0 Å². The van der Waals surface area contributed by atoms with E-state index in [1.807, 2.05) is 12.1 Å². The van der Waals surface area contributed by atoms with Gasteiger partial charge in [-0.05, 0) is 49.9 Å². The van der Waals surface area contributed by atoms with E-state index in [0.29, 0.717) is 0 Å². The van der Waals surface area contributed by atoms with Gasteiger partial charge >= 0.3 is 0 Å². The van der Waals surface area contributed by atoms with Crippen LogP contribution in [0.2, 0.25) is 5.02 Å². The molecule has 0 aromatic heterocycles. The first-order valence-corrected chi connectivity index (χ1v) is 7.87. The lowest BCUT2D eigenvalue weighted by molar-refractivity contribution is 0.141. The molecule has 2 aliphatic rings. The number of hydrogen-bond acceptors (Lipinski definition) is 2. The summed E-state index contributed by atoms with van der Waals surface area (Å²) in [4.78, 5) is 2.63. The Bertz CT molecular complexity index is 405. The number of piperidine rings is 1. The van der Waals surface area contributed by atoms with Gasteiger partial charge in [0, 0.05) is 29.7 Å². The number of benzene rings is 1. The monoisotopic (exact) mass is 278 g/mol. The fourth-order valence-corrected chi connectivity index (χ4v) is 3.77. The Balaban J connectivity index is 1.65. The smallest absolute Gasteiger partial charge is 0.0406 e. The Morgan fingerprint density at radius 1 is 1.16 bits per heavy atom. The topological polar surface area (TPSA) is 15.3 Å². The van der Waals surface area contributed by atoms with Gasteiger partial charge < -0.3 is 5.32 Å². The fraction of sp³-hybridized carbons (Fsp3) is 0.625. The molecule has 1 aromatic carbocycles. The molecule has 19 heavy (non-hydrogen) atoms. The third-order valence-corrected chi connectivity index (χ3v) is 4.92. The van der Waals surface area contributed by atoms with Crippen LogP contribution in [0.1, 0.15) is 38.2 Å². The highest BCUT2D eigenvalue weighted by Gasteiger charge is 2.35. The lowest BCUT2D eigenvalue weighted by Gasteiger charge is -2.37. The summed E-state index contributed by atoms with van der Waals surface area (Å²) in [6.45, 7) is 4.46. The van der Waals surface area contributed by atoms with Gasteiger partial charge in [-0.1, -0.05) is 30.7 Å². The summed E-state index contributed by atoms with van der Waals surface area (Å²) in [6, 6.07) is 10.6. The average Bonchev–Trinajstić information content (AvgIpc) is 2.77. The second kappa shape index (κ2) is 5.82. The number of nitrogens with one attached hydrogen (secondary N) is 1. The van der Waals surface area contributed by atoms with Gasteiger partial charge in [0.1, 0.15) is 0 Å². The number of fused-ring (bicyclic) bond motifs is 2. The molecule has 3 rings (SSSR count). The summed E-state index contributed by atoms with van der Waals surface area (Å²) in [5.74, 6) is 0. The largest absolute Gasteiger partial charge is 0.311 e. The van der Waals surface area contributed by atoms with Crippen molar-refractivity contribution in [1.82, 2.24) is 10.2 Å². The Morgan fingerprint density at radius 2 is 1.79 bits per heavy atom. The van der Waals surface area contributed by atoms with Crippen molar-refractivity contribution in [3.05, 3.63) is 34.9 Å². The molecular weight excluding hydrogens is 256 g/mol. The van der Waals surface area contributed by atoms with E-state index in [1.54, 1.807) is 0 Å². The molecule has 2 bridgehead atoms. The Labute approximate surface area is 121 Å². The van der Waals surface area contributed by atoms with E-state index in [1.165, 1.54) is 31.2 Å². The minimum Gasteiger partial charge on any atom is -0.311 e. The zero-order valence-electron chi connectivity index (χ0n) is 11.6. The second-order valence-corrected chi connectivity index (χ2v) is 6.39. The average molecular weight is 279 g/mol. The summed E-state index contributed by atoms with van der Waals surface area (Å²) < 4.78 is 0. The van der Waals surface area contributed by atoms with Crippen LogP contribution in [0.5, 0.6) is 0 Å². The van der Waals surface area contributed by atoms with E-state index >= 15 is 0 Å². The van der Waals surface area contributed by atoms with E-state index in [2.05, 4.69) is 29.3 Å². The van der Waals surface area contributed by atoms with Crippen molar-refractivity contribution in [3.8, 4) is 0 Å². The Kier molecular flexibility index (Phi) is 4.11. The summed E-state index contributed by atoms with van der Waals surface area (Å²) in [6.07, 6.45) is 5.38. The molecule has 2 heterocycles.